The van der Waals surface area contributed by atoms with Crippen molar-refractivity contribution in [2.24, 2.45) is 0 Å². The lowest BCUT2D eigenvalue weighted by Crippen LogP contribution is -2.09. The van der Waals surface area contributed by atoms with Crippen molar-refractivity contribution in [2.45, 2.75) is 0 Å². The van der Waals surface area contributed by atoms with Crippen molar-refractivity contribution in [1.29, 1.82) is 0 Å². The fourth-order valence-corrected chi connectivity index (χ4v) is 1.59. The van der Waals surface area contributed by atoms with Gasteiger partial charge in [0, 0.05) is 11.6 Å². The highest BCUT2D eigenvalue weighted by atomic mass is 16.5. The monoisotopic (exact) mass is 284 g/mol. The largest absolute Gasteiger partial charge is 0.507 e. The molecule has 2 aromatic rings. The summed E-state index contributed by atoms with van der Waals surface area (Å²) in [4.78, 5) is 21.4. The molecule has 0 aliphatic heterocycles. The summed E-state index contributed by atoms with van der Waals surface area (Å²) in [5.41, 5.74) is 0.324. The summed E-state index contributed by atoms with van der Waals surface area (Å²) in [5.74, 6) is -1.98. The van der Waals surface area contributed by atoms with Crippen molar-refractivity contribution in [2.75, 3.05) is 0 Å². The van der Waals surface area contributed by atoms with Gasteiger partial charge in [0.25, 0.3) is 5.78 Å². The first kappa shape index (κ1) is 14.3. The zero-order valence-corrected chi connectivity index (χ0v) is 10.9. The summed E-state index contributed by atoms with van der Waals surface area (Å²) in [6, 6.07) is 15.4. The first-order valence-electron chi connectivity index (χ1n) is 6.07. The van der Waals surface area contributed by atoms with Crippen LogP contribution < -0.4 is 4.74 Å². The summed E-state index contributed by atoms with van der Waals surface area (Å²) in [7, 11) is 0. The van der Waals surface area contributed by atoms with Crippen LogP contribution in [0.5, 0.6) is 11.5 Å². The highest BCUT2D eigenvalue weighted by Crippen LogP contribution is 2.22. The van der Waals surface area contributed by atoms with Gasteiger partial charge in [0.1, 0.15) is 17.3 Å². The molecule has 0 radical (unpaired) electrons. The molecule has 0 atom stereocenters. The third-order valence-corrected chi connectivity index (χ3v) is 2.61. The minimum atomic E-state index is -1.62. The first-order chi connectivity index (χ1) is 10.1. The molecule has 0 amide bonds. The van der Waals surface area contributed by atoms with Crippen molar-refractivity contribution in [3.63, 3.8) is 0 Å². The van der Waals surface area contributed by atoms with Crippen LogP contribution in [0, 0.1) is 0 Å². The van der Waals surface area contributed by atoms with Crippen molar-refractivity contribution in [3.8, 4) is 11.5 Å². The minimum absolute atomic E-state index is 0.324. The Hall–Kier alpha value is -3.08. The molecule has 106 valence electrons. The number of ketones is 1. The molecule has 5 nitrogen and oxygen atoms in total. The Bertz CT molecular complexity index is 672. The van der Waals surface area contributed by atoms with Crippen LogP contribution in [0.1, 0.15) is 5.56 Å². The summed E-state index contributed by atoms with van der Waals surface area (Å²) in [6.45, 7) is 0. The molecule has 0 heterocycles. The molecule has 21 heavy (non-hydrogen) atoms. The van der Waals surface area contributed by atoms with Crippen molar-refractivity contribution in [1.82, 2.24) is 0 Å². The van der Waals surface area contributed by atoms with Crippen LogP contribution in [0.25, 0.3) is 5.76 Å². The molecule has 0 aliphatic rings. The maximum atomic E-state index is 11.0. The Kier molecular flexibility index (Phi) is 4.36. The van der Waals surface area contributed by atoms with E-state index in [0.717, 1.165) is 0 Å². The third kappa shape index (κ3) is 3.94. The molecule has 0 spiro atoms. The number of aliphatic carboxylic acids is 1. The van der Waals surface area contributed by atoms with Gasteiger partial charge >= 0.3 is 5.97 Å². The second-order valence-electron chi connectivity index (χ2n) is 4.14. The molecular formula is C16H12O5. The number of carbonyl (C=O) groups excluding carboxylic acids is 1. The molecule has 0 fully saturated rings. The van der Waals surface area contributed by atoms with Gasteiger partial charge in [-0.2, -0.15) is 0 Å². The van der Waals surface area contributed by atoms with E-state index in [1.807, 2.05) is 18.2 Å². The Morgan fingerprint density at radius 3 is 2.00 bits per heavy atom. The second kappa shape index (κ2) is 6.38. The highest BCUT2D eigenvalue weighted by Gasteiger charge is 2.10. The van der Waals surface area contributed by atoms with E-state index in [4.69, 9.17) is 9.84 Å². The van der Waals surface area contributed by atoms with E-state index in [-0.39, 0.29) is 0 Å². The van der Waals surface area contributed by atoms with E-state index in [9.17, 15) is 14.7 Å². The molecule has 2 rings (SSSR count). The molecule has 2 N–H and O–H groups in total. The minimum Gasteiger partial charge on any atom is -0.507 e. The van der Waals surface area contributed by atoms with Gasteiger partial charge in [-0.15, -0.1) is 0 Å². The van der Waals surface area contributed by atoms with Gasteiger partial charge in [-0.1, -0.05) is 18.2 Å². The van der Waals surface area contributed by atoms with Crippen LogP contribution in [0.15, 0.2) is 60.7 Å². The standard InChI is InChI=1S/C16H12O5/c17-14(10-15(18)16(19)20)11-6-8-13(9-7-11)21-12-4-2-1-3-5-12/h1-10,17H,(H,19,20). The lowest BCUT2D eigenvalue weighted by Gasteiger charge is -2.06. The summed E-state index contributed by atoms with van der Waals surface area (Å²) < 4.78 is 5.57. The Morgan fingerprint density at radius 1 is 0.857 bits per heavy atom. The predicted octanol–water partition coefficient (Wildman–Crippen LogP) is 3.03. The van der Waals surface area contributed by atoms with E-state index in [0.29, 0.717) is 23.1 Å². The maximum Gasteiger partial charge on any atom is 0.376 e. The SMILES string of the molecule is O=C(O)C(=O)C=C(O)c1ccc(Oc2ccccc2)cc1. The quantitative estimate of drug-likeness (QED) is 0.501. The number of rotatable bonds is 5. The van der Waals surface area contributed by atoms with Gasteiger partial charge in [0.15, 0.2) is 0 Å². The number of hydrogen-bond donors (Lipinski definition) is 2. The molecule has 0 bridgehead atoms. The number of carboxylic acid groups (broad SMARTS) is 1. The number of para-hydroxylation sites is 1. The maximum absolute atomic E-state index is 11.0. The molecule has 0 saturated heterocycles. The van der Waals surface area contributed by atoms with E-state index >= 15 is 0 Å². The van der Waals surface area contributed by atoms with Gasteiger partial charge in [-0.3, -0.25) is 4.79 Å². The Labute approximate surface area is 120 Å². The summed E-state index contributed by atoms with van der Waals surface area (Å²) in [6.07, 6.45) is 0.662. The number of aliphatic hydroxyl groups is 1. The Balaban J connectivity index is 2.12. The molecule has 0 aliphatic carbocycles. The third-order valence-electron chi connectivity index (χ3n) is 2.61. The summed E-state index contributed by atoms with van der Waals surface area (Å²) in [5, 5.41) is 18.1. The van der Waals surface area contributed by atoms with Crippen molar-refractivity contribution in [3.05, 3.63) is 66.2 Å². The van der Waals surface area contributed by atoms with Crippen molar-refractivity contribution < 1.29 is 24.5 Å². The lowest BCUT2D eigenvalue weighted by molar-refractivity contribution is -0.146. The lowest BCUT2D eigenvalue weighted by atomic mass is 10.1. The fraction of sp³-hybridized carbons (Fsp3) is 0. The molecule has 5 heteroatoms. The average Bonchev–Trinajstić information content (AvgIpc) is 2.48. The number of carbonyl (C=O) groups is 2. The van der Waals surface area contributed by atoms with E-state index in [1.165, 1.54) is 12.1 Å². The summed E-state index contributed by atoms with van der Waals surface area (Å²) >= 11 is 0. The van der Waals surface area contributed by atoms with E-state index < -0.39 is 17.5 Å². The van der Waals surface area contributed by atoms with Crippen LogP contribution in [0.2, 0.25) is 0 Å². The van der Waals surface area contributed by atoms with E-state index in [1.54, 1.807) is 24.3 Å². The van der Waals surface area contributed by atoms with E-state index in [2.05, 4.69) is 0 Å². The number of benzene rings is 2. The first-order valence-corrected chi connectivity index (χ1v) is 6.07. The van der Waals surface area contributed by atoms with Crippen LogP contribution in [-0.2, 0) is 9.59 Å². The molecule has 0 unspecified atom stereocenters. The van der Waals surface area contributed by atoms with Crippen LogP contribution in [0.3, 0.4) is 0 Å². The normalized spacial score (nSPS) is 11.0. The van der Waals surface area contributed by atoms with Crippen LogP contribution in [-0.4, -0.2) is 22.0 Å². The molecule has 2 aromatic carbocycles. The highest BCUT2D eigenvalue weighted by molar-refractivity contribution is 6.38. The second-order valence-corrected chi connectivity index (χ2v) is 4.14. The zero-order chi connectivity index (χ0) is 15.2. The van der Waals surface area contributed by atoms with Gasteiger partial charge in [0.05, 0.1) is 0 Å². The van der Waals surface area contributed by atoms with Gasteiger partial charge in [-0.05, 0) is 36.4 Å². The van der Waals surface area contributed by atoms with Crippen molar-refractivity contribution >= 4 is 17.5 Å². The van der Waals surface area contributed by atoms with Crippen LogP contribution >= 0.6 is 0 Å². The topological polar surface area (TPSA) is 83.8 Å². The van der Waals surface area contributed by atoms with Gasteiger partial charge in [-0.25, -0.2) is 4.79 Å². The predicted molar refractivity (Wildman–Crippen MR) is 76.2 cm³/mol. The number of carboxylic acids is 1. The van der Waals surface area contributed by atoms with Crippen LogP contribution in [0.4, 0.5) is 0 Å². The average molecular weight is 284 g/mol. The fourth-order valence-electron chi connectivity index (χ4n) is 1.59. The number of aliphatic hydroxyl groups excluding tert-OH is 1. The molecule has 0 saturated carbocycles. The number of ether oxygens (including phenoxy) is 1. The smallest absolute Gasteiger partial charge is 0.376 e. The van der Waals surface area contributed by atoms with Gasteiger partial charge < -0.3 is 14.9 Å². The molecular weight excluding hydrogens is 272 g/mol. The Morgan fingerprint density at radius 2 is 1.43 bits per heavy atom. The number of hydrogen-bond acceptors (Lipinski definition) is 4. The molecule has 0 aromatic heterocycles. The zero-order valence-electron chi connectivity index (χ0n) is 10.9. The van der Waals surface area contributed by atoms with Gasteiger partial charge in [0.2, 0.25) is 0 Å².